The van der Waals surface area contributed by atoms with Gasteiger partial charge in [0, 0.05) is 10.6 Å². The molecule has 2 aromatic rings. The second kappa shape index (κ2) is 5.36. The van der Waals surface area contributed by atoms with Gasteiger partial charge in [0.2, 0.25) is 5.91 Å². The molecule has 0 aliphatic carbocycles. The number of benzene rings is 2. The predicted octanol–water partition coefficient (Wildman–Crippen LogP) is 4.44. The molecule has 5 heteroatoms. The molecular formula is C18H14ClFN2O. The van der Waals surface area contributed by atoms with Gasteiger partial charge in [-0.2, -0.15) is 5.26 Å². The monoisotopic (exact) mass is 328 g/mol. The van der Waals surface area contributed by atoms with Crippen molar-refractivity contribution < 1.29 is 9.18 Å². The molecule has 23 heavy (non-hydrogen) atoms. The third-order valence-electron chi connectivity index (χ3n) is 4.04. The Hall–Kier alpha value is -2.38. The quantitative estimate of drug-likeness (QED) is 0.886. The van der Waals surface area contributed by atoms with Crippen LogP contribution >= 0.6 is 11.6 Å². The lowest BCUT2D eigenvalue weighted by atomic mass is 9.81. The summed E-state index contributed by atoms with van der Waals surface area (Å²) in [6.45, 7) is 3.58. The van der Waals surface area contributed by atoms with E-state index in [-0.39, 0.29) is 18.0 Å². The summed E-state index contributed by atoms with van der Waals surface area (Å²) in [6, 6.07) is 10.7. The Bertz CT molecular complexity index is 868. The van der Waals surface area contributed by atoms with Crippen molar-refractivity contribution in [2.24, 2.45) is 0 Å². The van der Waals surface area contributed by atoms with Gasteiger partial charge in [0.25, 0.3) is 0 Å². The van der Waals surface area contributed by atoms with Crippen molar-refractivity contribution in [3.05, 3.63) is 52.3 Å². The number of nitrogens with one attached hydrogen (secondary N) is 1. The molecule has 2 aromatic carbocycles. The second-order valence-corrected chi connectivity index (χ2v) is 6.52. The molecule has 0 saturated carbocycles. The minimum atomic E-state index is -0.774. The fourth-order valence-corrected chi connectivity index (χ4v) is 3.13. The molecule has 116 valence electrons. The van der Waals surface area contributed by atoms with Crippen LogP contribution in [0.3, 0.4) is 0 Å². The minimum absolute atomic E-state index is 0.140. The predicted molar refractivity (Wildman–Crippen MR) is 87.8 cm³/mol. The summed E-state index contributed by atoms with van der Waals surface area (Å²) in [5.74, 6) is -0.725. The Morgan fingerprint density at radius 1 is 1.35 bits per heavy atom. The molecule has 0 fully saturated rings. The number of hydrogen-bond donors (Lipinski definition) is 1. The number of amides is 1. The highest BCUT2D eigenvalue weighted by Gasteiger charge is 2.28. The number of carbonyl (C=O) groups excluding carboxylic acids is 1. The van der Waals surface area contributed by atoms with Gasteiger partial charge in [0.15, 0.2) is 0 Å². The number of nitriles is 1. The molecule has 0 radical (unpaired) electrons. The zero-order chi connectivity index (χ0) is 16.8. The van der Waals surface area contributed by atoms with Crippen LogP contribution in [0.4, 0.5) is 10.1 Å². The molecule has 1 N–H and O–H groups in total. The average molecular weight is 329 g/mol. The van der Waals surface area contributed by atoms with Gasteiger partial charge < -0.3 is 5.32 Å². The molecule has 0 spiro atoms. The van der Waals surface area contributed by atoms with Gasteiger partial charge in [0.05, 0.1) is 23.6 Å². The van der Waals surface area contributed by atoms with Crippen molar-refractivity contribution in [3.63, 3.8) is 0 Å². The largest absolute Gasteiger partial charge is 0.323 e. The van der Waals surface area contributed by atoms with E-state index in [0.717, 1.165) is 5.56 Å². The zero-order valence-corrected chi connectivity index (χ0v) is 13.5. The van der Waals surface area contributed by atoms with Crippen molar-refractivity contribution in [2.75, 3.05) is 5.32 Å². The number of hydrogen-bond acceptors (Lipinski definition) is 2. The smallest absolute Gasteiger partial charge is 0.228 e. The first-order valence-electron chi connectivity index (χ1n) is 7.16. The van der Waals surface area contributed by atoms with Gasteiger partial charge in [0.1, 0.15) is 5.82 Å². The summed E-state index contributed by atoms with van der Waals surface area (Å²) in [5.41, 5.74) is 1.98. The maximum atomic E-state index is 14.3. The lowest BCUT2D eigenvalue weighted by Crippen LogP contribution is -2.15. The lowest BCUT2D eigenvalue weighted by Gasteiger charge is -2.21. The van der Waals surface area contributed by atoms with Crippen LogP contribution < -0.4 is 5.32 Å². The van der Waals surface area contributed by atoms with E-state index in [1.807, 2.05) is 6.07 Å². The van der Waals surface area contributed by atoms with Crippen molar-refractivity contribution in [1.29, 1.82) is 5.26 Å². The molecule has 3 nitrogen and oxygen atoms in total. The SMILES string of the molecule is CC(C)(C#N)c1cccc(Cl)c1-c1cc(F)c2c(c1)CC(=O)N2. The van der Waals surface area contributed by atoms with Crippen LogP contribution in [-0.2, 0) is 16.6 Å². The van der Waals surface area contributed by atoms with Crippen LogP contribution in [0.15, 0.2) is 30.3 Å². The first kappa shape index (κ1) is 15.5. The Labute approximate surface area is 138 Å². The summed E-state index contributed by atoms with van der Waals surface area (Å²) in [4.78, 5) is 11.5. The summed E-state index contributed by atoms with van der Waals surface area (Å²) in [7, 11) is 0. The van der Waals surface area contributed by atoms with Gasteiger partial charge >= 0.3 is 0 Å². The highest BCUT2D eigenvalue weighted by Crippen LogP contribution is 2.40. The van der Waals surface area contributed by atoms with Crippen molar-refractivity contribution in [3.8, 4) is 17.2 Å². The van der Waals surface area contributed by atoms with E-state index < -0.39 is 11.2 Å². The Morgan fingerprint density at radius 3 is 2.78 bits per heavy atom. The fraction of sp³-hybridized carbons (Fsp3) is 0.222. The molecule has 0 bridgehead atoms. The van der Waals surface area contributed by atoms with E-state index in [1.54, 1.807) is 32.0 Å². The van der Waals surface area contributed by atoms with Crippen molar-refractivity contribution >= 4 is 23.2 Å². The third-order valence-corrected chi connectivity index (χ3v) is 4.36. The molecule has 0 unspecified atom stereocenters. The van der Waals surface area contributed by atoms with Gasteiger partial charge in [-0.25, -0.2) is 4.39 Å². The van der Waals surface area contributed by atoms with Crippen molar-refractivity contribution in [1.82, 2.24) is 0 Å². The molecule has 1 heterocycles. The maximum absolute atomic E-state index is 14.3. The first-order chi connectivity index (χ1) is 10.8. The van der Waals surface area contributed by atoms with E-state index in [0.29, 0.717) is 21.7 Å². The van der Waals surface area contributed by atoms with Crippen LogP contribution in [0.1, 0.15) is 25.0 Å². The second-order valence-electron chi connectivity index (χ2n) is 6.12. The van der Waals surface area contributed by atoms with Gasteiger partial charge in [-0.15, -0.1) is 0 Å². The highest BCUT2D eigenvalue weighted by atomic mass is 35.5. The van der Waals surface area contributed by atoms with E-state index in [1.165, 1.54) is 6.07 Å². The summed E-state index contributed by atoms with van der Waals surface area (Å²) in [6.07, 6.45) is 0.140. The zero-order valence-electron chi connectivity index (χ0n) is 12.7. The van der Waals surface area contributed by atoms with Crippen LogP contribution in [0.25, 0.3) is 11.1 Å². The average Bonchev–Trinajstić information content (AvgIpc) is 2.88. The number of carbonyl (C=O) groups is 1. The number of nitrogens with zero attached hydrogens (tertiary/aromatic N) is 1. The standard InChI is InChI=1S/C18H14ClFN2O/c1-18(2,9-21)12-4-3-5-13(19)16(12)10-6-11-8-15(23)22-17(11)14(20)7-10/h3-7H,8H2,1-2H3,(H,22,23). The molecule has 1 aliphatic heterocycles. The molecule has 3 rings (SSSR count). The van der Waals surface area contributed by atoms with E-state index in [2.05, 4.69) is 11.4 Å². The number of anilines is 1. The van der Waals surface area contributed by atoms with Crippen molar-refractivity contribution in [2.45, 2.75) is 25.7 Å². The van der Waals surface area contributed by atoms with Gasteiger partial charge in [-0.05, 0) is 48.7 Å². The van der Waals surface area contributed by atoms with E-state index >= 15 is 0 Å². The highest BCUT2D eigenvalue weighted by molar-refractivity contribution is 6.33. The Kier molecular flexibility index (Phi) is 3.62. The van der Waals surface area contributed by atoms with E-state index in [9.17, 15) is 14.4 Å². The minimum Gasteiger partial charge on any atom is -0.323 e. The fourth-order valence-electron chi connectivity index (χ4n) is 2.84. The molecule has 1 amide bonds. The topological polar surface area (TPSA) is 52.9 Å². The van der Waals surface area contributed by atoms with Crippen LogP contribution in [0.5, 0.6) is 0 Å². The third kappa shape index (κ3) is 2.58. The first-order valence-corrected chi connectivity index (χ1v) is 7.54. The summed E-state index contributed by atoms with van der Waals surface area (Å²) >= 11 is 6.34. The molecule has 0 saturated heterocycles. The number of halogens is 2. The van der Waals surface area contributed by atoms with Gasteiger partial charge in [-0.1, -0.05) is 23.7 Å². The van der Waals surface area contributed by atoms with Crippen LogP contribution in [-0.4, -0.2) is 5.91 Å². The maximum Gasteiger partial charge on any atom is 0.228 e. The van der Waals surface area contributed by atoms with E-state index in [4.69, 9.17) is 11.6 Å². The van der Waals surface area contributed by atoms with Crippen LogP contribution in [0.2, 0.25) is 5.02 Å². The van der Waals surface area contributed by atoms with Gasteiger partial charge in [-0.3, -0.25) is 4.79 Å². The number of fused-ring (bicyclic) bond motifs is 1. The van der Waals surface area contributed by atoms with Crippen LogP contribution in [0, 0.1) is 17.1 Å². The molecule has 1 aliphatic rings. The Balaban J connectivity index is 2.25. The molecule has 0 aromatic heterocycles. The summed E-state index contributed by atoms with van der Waals surface area (Å²) < 4.78 is 14.3. The molecule has 0 atom stereocenters. The Morgan fingerprint density at radius 2 is 2.09 bits per heavy atom. The summed E-state index contributed by atoms with van der Waals surface area (Å²) in [5, 5.41) is 12.4. The number of rotatable bonds is 2. The lowest BCUT2D eigenvalue weighted by molar-refractivity contribution is -0.115. The molecular weight excluding hydrogens is 315 g/mol. The normalized spacial score (nSPS) is 13.4.